The fourth-order valence-corrected chi connectivity index (χ4v) is 1.26. The quantitative estimate of drug-likeness (QED) is 0.783. The van der Waals surface area contributed by atoms with Crippen LogP contribution < -0.4 is 5.32 Å². The van der Waals surface area contributed by atoms with Crippen molar-refractivity contribution in [3.8, 4) is 0 Å². The van der Waals surface area contributed by atoms with Crippen molar-refractivity contribution < 1.29 is 14.3 Å². The van der Waals surface area contributed by atoms with Crippen molar-refractivity contribution in [2.75, 3.05) is 0 Å². The first-order valence-corrected chi connectivity index (χ1v) is 5.10. The van der Waals surface area contributed by atoms with E-state index in [9.17, 15) is 4.79 Å². The minimum atomic E-state index is -0.939. The van der Waals surface area contributed by atoms with Gasteiger partial charge in [0.2, 0.25) is 0 Å². The average Bonchev–Trinajstić information content (AvgIpc) is 2.56. The molecule has 1 atom stereocenters. The molecule has 0 saturated carbocycles. The Bertz CT molecular complexity index is 344. The van der Waals surface area contributed by atoms with Crippen molar-refractivity contribution in [1.29, 1.82) is 0 Å². The molecule has 0 spiro atoms. The van der Waals surface area contributed by atoms with E-state index in [1.54, 1.807) is 13.0 Å². The van der Waals surface area contributed by atoms with Crippen LogP contribution in [0.25, 0.3) is 0 Å². The molecule has 4 heteroatoms. The highest BCUT2D eigenvalue weighted by molar-refractivity contribution is 5.88. The Kier molecular flexibility index (Phi) is 3.91. The Labute approximate surface area is 89.3 Å². The van der Waals surface area contributed by atoms with E-state index in [0.29, 0.717) is 24.1 Å². The summed E-state index contributed by atoms with van der Waals surface area (Å²) in [5.74, 6) is 0.194. The molecule has 0 amide bonds. The molecule has 15 heavy (non-hydrogen) atoms. The number of aryl methyl sites for hydroxylation is 1. The lowest BCUT2D eigenvalue weighted by Crippen LogP contribution is -2.24. The van der Waals surface area contributed by atoms with Crippen molar-refractivity contribution in [3.05, 3.63) is 23.2 Å². The number of aromatic carboxylic acids is 1. The SMILES string of the molecule is CCC(C)NCc1cc(C(=O)O)c(C)o1. The van der Waals surface area contributed by atoms with Crippen LogP contribution in [0.5, 0.6) is 0 Å². The van der Waals surface area contributed by atoms with Crippen molar-refractivity contribution in [3.63, 3.8) is 0 Å². The molecule has 0 radical (unpaired) electrons. The van der Waals surface area contributed by atoms with E-state index in [1.807, 2.05) is 0 Å². The first-order chi connectivity index (χ1) is 7.04. The fourth-order valence-electron chi connectivity index (χ4n) is 1.26. The van der Waals surface area contributed by atoms with E-state index in [0.717, 1.165) is 6.42 Å². The van der Waals surface area contributed by atoms with Crippen LogP contribution in [-0.2, 0) is 6.54 Å². The summed E-state index contributed by atoms with van der Waals surface area (Å²) in [6.07, 6.45) is 1.03. The largest absolute Gasteiger partial charge is 0.478 e. The summed E-state index contributed by atoms with van der Waals surface area (Å²) in [7, 11) is 0. The number of rotatable bonds is 5. The van der Waals surface area contributed by atoms with Gasteiger partial charge in [-0.05, 0) is 26.3 Å². The summed E-state index contributed by atoms with van der Waals surface area (Å²) in [5, 5.41) is 12.1. The standard InChI is InChI=1S/C11H17NO3/c1-4-7(2)12-6-9-5-10(11(13)14)8(3)15-9/h5,7,12H,4,6H2,1-3H3,(H,13,14). The summed E-state index contributed by atoms with van der Waals surface area (Å²) >= 11 is 0. The third-order valence-electron chi connectivity index (χ3n) is 2.44. The molecule has 1 unspecified atom stereocenters. The van der Waals surface area contributed by atoms with Crippen molar-refractivity contribution >= 4 is 5.97 Å². The lowest BCUT2D eigenvalue weighted by Gasteiger charge is -2.08. The Hall–Kier alpha value is -1.29. The van der Waals surface area contributed by atoms with Gasteiger partial charge in [0.05, 0.1) is 6.54 Å². The molecule has 1 heterocycles. The van der Waals surface area contributed by atoms with Gasteiger partial charge in [0, 0.05) is 6.04 Å². The highest BCUT2D eigenvalue weighted by Crippen LogP contribution is 2.14. The van der Waals surface area contributed by atoms with Crippen LogP contribution in [0, 0.1) is 6.92 Å². The summed E-state index contributed by atoms with van der Waals surface area (Å²) in [4.78, 5) is 10.7. The molecule has 1 rings (SSSR count). The minimum Gasteiger partial charge on any atom is -0.478 e. The van der Waals surface area contributed by atoms with Crippen LogP contribution >= 0.6 is 0 Å². The van der Waals surface area contributed by atoms with Crippen LogP contribution in [0.2, 0.25) is 0 Å². The van der Waals surface area contributed by atoms with E-state index in [1.165, 1.54) is 0 Å². The first kappa shape index (κ1) is 11.8. The van der Waals surface area contributed by atoms with Gasteiger partial charge in [-0.15, -0.1) is 0 Å². The second kappa shape index (κ2) is 4.98. The van der Waals surface area contributed by atoms with E-state index in [2.05, 4.69) is 19.2 Å². The van der Waals surface area contributed by atoms with Crippen LogP contribution in [0.15, 0.2) is 10.5 Å². The van der Waals surface area contributed by atoms with Crippen molar-refractivity contribution in [2.24, 2.45) is 0 Å². The van der Waals surface area contributed by atoms with Gasteiger partial charge in [-0.3, -0.25) is 0 Å². The van der Waals surface area contributed by atoms with E-state index >= 15 is 0 Å². The van der Waals surface area contributed by atoms with Gasteiger partial charge in [-0.2, -0.15) is 0 Å². The number of hydrogen-bond donors (Lipinski definition) is 2. The summed E-state index contributed by atoms with van der Waals surface area (Å²) in [6, 6.07) is 1.98. The molecule has 0 saturated heterocycles. The van der Waals surface area contributed by atoms with Gasteiger partial charge < -0.3 is 14.8 Å². The summed E-state index contributed by atoms with van der Waals surface area (Å²) < 4.78 is 5.33. The second-order valence-corrected chi connectivity index (χ2v) is 3.68. The Morgan fingerprint density at radius 3 is 2.80 bits per heavy atom. The van der Waals surface area contributed by atoms with Gasteiger partial charge >= 0.3 is 5.97 Å². The van der Waals surface area contributed by atoms with Gasteiger partial charge in [0.15, 0.2) is 0 Å². The number of furan rings is 1. The number of carboxylic acid groups (broad SMARTS) is 1. The molecule has 2 N–H and O–H groups in total. The fraction of sp³-hybridized carbons (Fsp3) is 0.545. The molecule has 0 fully saturated rings. The Balaban J connectivity index is 2.63. The van der Waals surface area contributed by atoms with Crippen LogP contribution in [0.4, 0.5) is 0 Å². The highest BCUT2D eigenvalue weighted by Gasteiger charge is 2.13. The van der Waals surface area contributed by atoms with Crippen LogP contribution in [-0.4, -0.2) is 17.1 Å². The third-order valence-corrected chi connectivity index (χ3v) is 2.44. The predicted molar refractivity (Wildman–Crippen MR) is 57.0 cm³/mol. The molecule has 0 aromatic carbocycles. The topological polar surface area (TPSA) is 62.5 Å². The molecule has 0 bridgehead atoms. The van der Waals surface area contributed by atoms with E-state index in [-0.39, 0.29) is 5.56 Å². The van der Waals surface area contributed by atoms with E-state index in [4.69, 9.17) is 9.52 Å². The third kappa shape index (κ3) is 3.09. The normalized spacial score (nSPS) is 12.7. The average molecular weight is 211 g/mol. The van der Waals surface area contributed by atoms with E-state index < -0.39 is 5.97 Å². The van der Waals surface area contributed by atoms with Gasteiger partial charge in [0.25, 0.3) is 0 Å². The summed E-state index contributed by atoms with van der Waals surface area (Å²) in [6.45, 7) is 6.40. The van der Waals surface area contributed by atoms with Crippen molar-refractivity contribution in [2.45, 2.75) is 39.8 Å². The molecule has 1 aromatic heterocycles. The molecule has 0 aliphatic carbocycles. The predicted octanol–water partition coefficient (Wildman–Crippen LogP) is 2.17. The number of carbonyl (C=O) groups is 1. The maximum absolute atomic E-state index is 10.7. The highest BCUT2D eigenvalue weighted by atomic mass is 16.4. The molecule has 84 valence electrons. The number of carboxylic acids is 1. The zero-order valence-electron chi connectivity index (χ0n) is 9.33. The molecule has 0 aliphatic heterocycles. The number of hydrogen-bond acceptors (Lipinski definition) is 3. The Morgan fingerprint density at radius 1 is 1.67 bits per heavy atom. The van der Waals surface area contributed by atoms with Gasteiger partial charge in [0.1, 0.15) is 17.1 Å². The second-order valence-electron chi connectivity index (χ2n) is 3.68. The van der Waals surface area contributed by atoms with Gasteiger partial charge in [-0.25, -0.2) is 4.79 Å². The molecular weight excluding hydrogens is 194 g/mol. The zero-order valence-corrected chi connectivity index (χ0v) is 9.33. The monoisotopic (exact) mass is 211 g/mol. The summed E-state index contributed by atoms with van der Waals surface area (Å²) in [5.41, 5.74) is 0.246. The van der Waals surface area contributed by atoms with Crippen LogP contribution in [0.3, 0.4) is 0 Å². The molecular formula is C11H17NO3. The zero-order chi connectivity index (χ0) is 11.4. The first-order valence-electron chi connectivity index (χ1n) is 5.10. The number of nitrogens with one attached hydrogen (secondary N) is 1. The maximum Gasteiger partial charge on any atom is 0.339 e. The molecule has 1 aromatic rings. The molecule has 0 aliphatic rings. The minimum absolute atomic E-state index is 0.246. The Morgan fingerprint density at radius 2 is 2.33 bits per heavy atom. The lowest BCUT2D eigenvalue weighted by molar-refractivity contribution is 0.0695. The maximum atomic E-state index is 10.7. The lowest BCUT2D eigenvalue weighted by atomic mass is 10.2. The van der Waals surface area contributed by atoms with Crippen molar-refractivity contribution in [1.82, 2.24) is 5.32 Å². The van der Waals surface area contributed by atoms with Crippen LogP contribution in [0.1, 0.15) is 42.1 Å². The smallest absolute Gasteiger partial charge is 0.339 e. The van der Waals surface area contributed by atoms with Gasteiger partial charge in [-0.1, -0.05) is 6.92 Å². The molecule has 4 nitrogen and oxygen atoms in total.